The first-order valence-corrected chi connectivity index (χ1v) is 8.38. The molecule has 1 heterocycles. The van der Waals surface area contributed by atoms with E-state index in [0.29, 0.717) is 6.42 Å². The average molecular weight is 357 g/mol. The third-order valence-corrected chi connectivity index (χ3v) is 4.09. The predicted molar refractivity (Wildman–Crippen MR) is 95.3 cm³/mol. The molecule has 1 aromatic carbocycles. The molecule has 2 amide bonds. The number of ether oxygens (including phenoxy) is 1. The van der Waals surface area contributed by atoms with E-state index >= 15 is 0 Å². The van der Waals surface area contributed by atoms with E-state index in [9.17, 15) is 14.4 Å². The summed E-state index contributed by atoms with van der Waals surface area (Å²) in [6, 6.07) is 9.08. The highest BCUT2D eigenvalue weighted by atomic mass is 16.5. The van der Waals surface area contributed by atoms with Gasteiger partial charge in [0, 0.05) is 19.2 Å². The number of rotatable bonds is 7. The number of aryl methyl sites for hydroxylation is 2. The van der Waals surface area contributed by atoms with Crippen molar-refractivity contribution in [2.24, 2.45) is 7.05 Å². The van der Waals surface area contributed by atoms with Crippen molar-refractivity contribution in [3.8, 4) is 0 Å². The number of carbonyl (C=O) groups excluding carboxylic acids is 3. The van der Waals surface area contributed by atoms with Gasteiger partial charge < -0.3 is 4.74 Å². The van der Waals surface area contributed by atoms with Crippen molar-refractivity contribution in [2.75, 3.05) is 6.61 Å². The van der Waals surface area contributed by atoms with Crippen LogP contribution in [0.2, 0.25) is 0 Å². The molecule has 7 nitrogen and oxygen atoms in total. The topological polar surface area (TPSA) is 90.3 Å². The number of benzene rings is 1. The molecule has 0 saturated heterocycles. The van der Waals surface area contributed by atoms with Gasteiger partial charge in [0.1, 0.15) is 0 Å². The summed E-state index contributed by atoms with van der Waals surface area (Å²) in [6.45, 7) is 3.36. The van der Waals surface area contributed by atoms with Crippen molar-refractivity contribution < 1.29 is 19.1 Å². The minimum absolute atomic E-state index is 0.0973. The third kappa shape index (κ3) is 5.54. The van der Waals surface area contributed by atoms with Gasteiger partial charge in [-0.1, -0.05) is 30.3 Å². The second kappa shape index (κ2) is 8.94. The Morgan fingerprint density at radius 2 is 1.81 bits per heavy atom. The van der Waals surface area contributed by atoms with Gasteiger partial charge in [0.05, 0.1) is 12.1 Å². The van der Waals surface area contributed by atoms with Gasteiger partial charge in [-0.3, -0.25) is 24.4 Å². The van der Waals surface area contributed by atoms with Crippen LogP contribution in [0.25, 0.3) is 0 Å². The second-order valence-electron chi connectivity index (χ2n) is 6.07. The zero-order valence-corrected chi connectivity index (χ0v) is 15.2. The number of nitrogens with zero attached hydrogens (tertiary/aromatic N) is 2. The van der Waals surface area contributed by atoms with Crippen LogP contribution in [0.3, 0.4) is 0 Å². The van der Waals surface area contributed by atoms with Gasteiger partial charge in [0.25, 0.3) is 5.91 Å². The molecule has 0 atom stereocenters. The molecule has 1 aromatic heterocycles. The summed E-state index contributed by atoms with van der Waals surface area (Å²) in [4.78, 5) is 35.3. The number of hydrogen-bond acceptors (Lipinski definition) is 5. The van der Waals surface area contributed by atoms with Crippen molar-refractivity contribution >= 4 is 17.8 Å². The molecular formula is C19H23N3O4. The van der Waals surface area contributed by atoms with Crippen molar-refractivity contribution in [2.45, 2.75) is 33.1 Å². The molecule has 2 rings (SSSR count). The smallest absolute Gasteiger partial charge is 0.306 e. The summed E-state index contributed by atoms with van der Waals surface area (Å²) in [7, 11) is 1.85. The highest BCUT2D eigenvalue weighted by Crippen LogP contribution is 2.14. The van der Waals surface area contributed by atoms with Crippen LogP contribution in [0, 0.1) is 13.8 Å². The number of nitrogens with one attached hydrogen (secondary N) is 1. The minimum atomic E-state index is -0.631. The van der Waals surface area contributed by atoms with Gasteiger partial charge in [0.15, 0.2) is 6.61 Å². The summed E-state index contributed by atoms with van der Waals surface area (Å²) in [5.74, 6) is -1.55. The van der Waals surface area contributed by atoms with Gasteiger partial charge >= 0.3 is 5.97 Å². The molecule has 7 heteroatoms. The van der Waals surface area contributed by atoms with E-state index in [0.717, 1.165) is 22.5 Å². The first-order valence-electron chi connectivity index (χ1n) is 8.38. The predicted octanol–water partition coefficient (Wildman–Crippen LogP) is 1.40. The van der Waals surface area contributed by atoms with E-state index in [2.05, 4.69) is 10.4 Å². The van der Waals surface area contributed by atoms with Crippen molar-refractivity contribution in [1.82, 2.24) is 15.1 Å². The number of carbonyl (C=O) groups is 3. The number of aromatic nitrogens is 2. The van der Waals surface area contributed by atoms with Crippen molar-refractivity contribution in [3.05, 3.63) is 52.8 Å². The quantitative estimate of drug-likeness (QED) is 0.757. The molecule has 26 heavy (non-hydrogen) atoms. The van der Waals surface area contributed by atoms with E-state index in [-0.39, 0.29) is 12.8 Å². The van der Waals surface area contributed by atoms with Crippen LogP contribution in [0.5, 0.6) is 0 Å². The van der Waals surface area contributed by atoms with Crippen LogP contribution < -0.4 is 5.32 Å². The van der Waals surface area contributed by atoms with E-state index < -0.39 is 24.4 Å². The Bertz CT molecular complexity index is 797. The lowest BCUT2D eigenvalue weighted by molar-refractivity contribution is -0.149. The molecule has 2 aromatic rings. The summed E-state index contributed by atoms with van der Waals surface area (Å²) >= 11 is 0. The molecule has 138 valence electrons. The van der Waals surface area contributed by atoms with Gasteiger partial charge in [0.2, 0.25) is 5.91 Å². The maximum atomic E-state index is 11.8. The molecule has 0 radical (unpaired) electrons. The minimum Gasteiger partial charge on any atom is -0.456 e. The third-order valence-electron chi connectivity index (χ3n) is 4.09. The molecule has 0 aliphatic heterocycles. The number of amides is 2. The Labute approximate surface area is 152 Å². The lowest BCUT2D eigenvalue weighted by atomic mass is 10.1. The molecule has 0 aliphatic carbocycles. The Balaban J connectivity index is 1.71. The Morgan fingerprint density at radius 1 is 1.12 bits per heavy atom. The van der Waals surface area contributed by atoms with Crippen LogP contribution in [0.1, 0.15) is 28.9 Å². The molecule has 1 N–H and O–H groups in total. The van der Waals surface area contributed by atoms with E-state index in [1.165, 1.54) is 0 Å². The van der Waals surface area contributed by atoms with Crippen LogP contribution in [-0.4, -0.2) is 34.2 Å². The largest absolute Gasteiger partial charge is 0.456 e. The monoisotopic (exact) mass is 357 g/mol. The van der Waals surface area contributed by atoms with Crippen LogP contribution in [-0.2, 0) is 39.0 Å². The van der Waals surface area contributed by atoms with Gasteiger partial charge in [-0.2, -0.15) is 5.10 Å². The lowest BCUT2D eigenvalue weighted by Crippen LogP contribution is -2.35. The van der Waals surface area contributed by atoms with Crippen LogP contribution in [0.4, 0.5) is 0 Å². The highest BCUT2D eigenvalue weighted by molar-refractivity contribution is 5.97. The standard InChI is InChI=1S/C19H23N3O4/c1-13-16(14(2)22(3)21-13)9-10-19(25)26-12-18(24)20-17(23)11-15-7-5-4-6-8-15/h4-8H,9-12H2,1-3H3,(H,20,23,24). The fraction of sp³-hybridized carbons (Fsp3) is 0.368. The van der Waals surface area contributed by atoms with E-state index in [4.69, 9.17) is 4.74 Å². The SMILES string of the molecule is Cc1nn(C)c(C)c1CCC(=O)OCC(=O)NC(=O)Cc1ccccc1. The summed E-state index contributed by atoms with van der Waals surface area (Å²) < 4.78 is 6.70. The molecule has 0 saturated carbocycles. The molecule has 0 unspecified atom stereocenters. The van der Waals surface area contributed by atoms with E-state index in [1.807, 2.05) is 39.1 Å². The van der Waals surface area contributed by atoms with Gasteiger partial charge in [-0.25, -0.2) is 0 Å². The Hall–Kier alpha value is -2.96. The second-order valence-corrected chi connectivity index (χ2v) is 6.07. The highest BCUT2D eigenvalue weighted by Gasteiger charge is 2.14. The zero-order valence-electron chi connectivity index (χ0n) is 15.2. The molecular weight excluding hydrogens is 334 g/mol. The van der Waals surface area contributed by atoms with Crippen LogP contribution >= 0.6 is 0 Å². The normalized spacial score (nSPS) is 10.4. The number of imide groups is 1. The van der Waals surface area contributed by atoms with E-state index in [1.54, 1.807) is 16.8 Å². The maximum absolute atomic E-state index is 11.8. The summed E-state index contributed by atoms with van der Waals surface area (Å²) in [6.07, 6.45) is 0.748. The van der Waals surface area contributed by atoms with Crippen LogP contribution in [0.15, 0.2) is 30.3 Å². The van der Waals surface area contributed by atoms with Crippen molar-refractivity contribution in [1.29, 1.82) is 0 Å². The molecule has 0 bridgehead atoms. The van der Waals surface area contributed by atoms with Gasteiger partial charge in [-0.05, 0) is 31.4 Å². The fourth-order valence-electron chi connectivity index (χ4n) is 2.64. The summed E-state index contributed by atoms with van der Waals surface area (Å²) in [5, 5.41) is 6.50. The first kappa shape index (κ1) is 19.4. The first-order chi connectivity index (χ1) is 12.4. The lowest BCUT2D eigenvalue weighted by Gasteiger charge is -2.06. The van der Waals surface area contributed by atoms with Gasteiger partial charge in [-0.15, -0.1) is 0 Å². The summed E-state index contributed by atoms with van der Waals surface area (Å²) in [5.41, 5.74) is 3.69. The molecule has 0 fully saturated rings. The Kier molecular flexibility index (Phi) is 6.66. The maximum Gasteiger partial charge on any atom is 0.306 e. The number of esters is 1. The number of hydrogen-bond donors (Lipinski definition) is 1. The zero-order chi connectivity index (χ0) is 19.1. The van der Waals surface area contributed by atoms with Crippen molar-refractivity contribution in [3.63, 3.8) is 0 Å². The molecule has 0 aliphatic rings. The fourth-order valence-corrected chi connectivity index (χ4v) is 2.64. The Morgan fingerprint density at radius 3 is 2.42 bits per heavy atom. The average Bonchev–Trinajstić information content (AvgIpc) is 2.84. The molecule has 0 spiro atoms.